The zero-order chi connectivity index (χ0) is 19.2. The topological polar surface area (TPSA) is 38.8 Å². The maximum absolute atomic E-state index is 12.2. The molecule has 0 aromatic heterocycles. The first-order valence-electron chi connectivity index (χ1n) is 9.31. The monoisotopic (exact) mass is 386 g/mol. The van der Waals surface area contributed by atoms with Gasteiger partial charge in [-0.05, 0) is 42.5 Å². The van der Waals surface area contributed by atoms with Gasteiger partial charge in [0.05, 0.1) is 0 Å². The van der Waals surface area contributed by atoms with Crippen LogP contribution in [0.15, 0.2) is 48.5 Å². The molecule has 6 heteroatoms. The summed E-state index contributed by atoms with van der Waals surface area (Å²) in [6.45, 7) is 4.60. The van der Waals surface area contributed by atoms with Gasteiger partial charge < -0.3 is 15.1 Å². The van der Waals surface area contributed by atoms with E-state index < -0.39 is 0 Å². The number of rotatable bonds is 6. The Labute approximate surface area is 166 Å². The zero-order valence-electron chi connectivity index (χ0n) is 16.0. The Kier molecular flexibility index (Phi) is 6.58. The summed E-state index contributed by atoms with van der Waals surface area (Å²) in [7, 11) is 4.00. The van der Waals surface area contributed by atoms with Crippen LogP contribution >= 0.6 is 11.6 Å². The number of hydrogen-bond acceptors (Lipinski definition) is 4. The first-order valence-corrected chi connectivity index (χ1v) is 9.69. The number of halogens is 1. The first-order chi connectivity index (χ1) is 13.0. The Balaban J connectivity index is 1.41. The molecular weight excluding hydrogens is 360 g/mol. The molecule has 0 bridgehead atoms. The van der Waals surface area contributed by atoms with Crippen molar-refractivity contribution in [2.45, 2.75) is 6.42 Å². The molecule has 1 heterocycles. The molecule has 1 fully saturated rings. The average molecular weight is 387 g/mol. The minimum absolute atomic E-state index is 0.0601. The van der Waals surface area contributed by atoms with Crippen LogP contribution in [0.25, 0.3) is 0 Å². The van der Waals surface area contributed by atoms with Gasteiger partial charge in [-0.3, -0.25) is 9.69 Å². The molecule has 0 spiro atoms. The molecule has 2 aromatic rings. The third-order valence-electron chi connectivity index (χ3n) is 4.87. The highest BCUT2D eigenvalue weighted by molar-refractivity contribution is 6.30. The van der Waals surface area contributed by atoms with Gasteiger partial charge in [-0.15, -0.1) is 0 Å². The number of anilines is 3. The standard InChI is InChI=1S/C21H27ClN4O/c1-24(2)19-8-6-18(7-9-19)23-21(27)10-11-25-12-14-26(15-13-25)20-5-3-4-17(22)16-20/h3-9,16H,10-15H2,1-2H3,(H,23,27). The van der Waals surface area contributed by atoms with Crippen LogP contribution in [0.3, 0.4) is 0 Å². The van der Waals surface area contributed by atoms with Gasteiger partial charge in [0, 0.05) is 75.3 Å². The summed E-state index contributed by atoms with van der Waals surface area (Å²) in [6.07, 6.45) is 0.507. The SMILES string of the molecule is CN(C)c1ccc(NC(=O)CCN2CCN(c3cccc(Cl)c3)CC2)cc1. The van der Waals surface area contributed by atoms with Crippen molar-refractivity contribution < 1.29 is 4.79 Å². The van der Waals surface area contributed by atoms with Crippen molar-refractivity contribution in [3.8, 4) is 0 Å². The van der Waals surface area contributed by atoms with E-state index in [-0.39, 0.29) is 5.91 Å². The Bertz CT molecular complexity index is 755. The summed E-state index contributed by atoms with van der Waals surface area (Å²) in [5.41, 5.74) is 3.13. The fourth-order valence-corrected chi connectivity index (χ4v) is 3.41. The van der Waals surface area contributed by atoms with Crippen LogP contribution in [0, 0.1) is 0 Å². The van der Waals surface area contributed by atoms with E-state index in [1.165, 1.54) is 5.69 Å². The van der Waals surface area contributed by atoms with E-state index in [2.05, 4.69) is 21.2 Å². The highest BCUT2D eigenvalue weighted by Gasteiger charge is 2.18. The lowest BCUT2D eigenvalue weighted by Crippen LogP contribution is -2.47. The Morgan fingerprint density at radius 1 is 1.07 bits per heavy atom. The summed E-state index contributed by atoms with van der Waals surface area (Å²) in [6, 6.07) is 15.9. The number of carbonyl (C=O) groups excluding carboxylic acids is 1. The molecule has 2 aromatic carbocycles. The maximum atomic E-state index is 12.2. The van der Waals surface area contributed by atoms with E-state index in [0.29, 0.717) is 6.42 Å². The second-order valence-electron chi connectivity index (χ2n) is 7.05. The Morgan fingerprint density at radius 2 is 1.78 bits per heavy atom. The largest absolute Gasteiger partial charge is 0.378 e. The highest BCUT2D eigenvalue weighted by Crippen LogP contribution is 2.21. The zero-order valence-corrected chi connectivity index (χ0v) is 16.7. The van der Waals surface area contributed by atoms with Crippen molar-refractivity contribution in [3.05, 3.63) is 53.6 Å². The molecule has 0 radical (unpaired) electrons. The molecule has 0 unspecified atom stereocenters. The molecule has 1 amide bonds. The number of benzene rings is 2. The van der Waals surface area contributed by atoms with Gasteiger partial charge in [-0.1, -0.05) is 17.7 Å². The van der Waals surface area contributed by atoms with Gasteiger partial charge in [0.2, 0.25) is 5.91 Å². The molecule has 5 nitrogen and oxygen atoms in total. The maximum Gasteiger partial charge on any atom is 0.225 e. The van der Waals surface area contributed by atoms with Gasteiger partial charge in [0.15, 0.2) is 0 Å². The number of amides is 1. The summed E-state index contributed by atoms with van der Waals surface area (Å²) < 4.78 is 0. The normalized spacial score (nSPS) is 14.9. The van der Waals surface area contributed by atoms with Crippen molar-refractivity contribution in [3.63, 3.8) is 0 Å². The summed E-state index contributed by atoms with van der Waals surface area (Å²) in [5, 5.41) is 3.75. The summed E-state index contributed by atoms with van der Waals surface area (Å²) in [4.78, 5) is 18.9. The predicted molar refractivity (Wildman–Crippen MR) is 114 cm³/mol. The Morgan fingerprint density at radius 3 is 2.41 bits per heavy atom. The second kappa shape index (κ2) is 9.11. The van der Waals surface area contributed by atoms with E-state index in [9.17, 15) is 4.79 Å². The Hall–Kier alpha value is -2.24. The molecule has 1 N–H and O–H groups in total. The second-order valence-corrected chi connectivity index (χ2v) is 7.48. The molecule has 0 aliphatic carbocycles. The third-order valence-corrected chi connectivity index (χ3v) is 5.10. The van der Waals surface area contributed by atoms with Crippen LogP contribution in [0.1, 0.15) is 6.42 Å². The number of hydrogen-bond donors (Lipinski definition) is 1. The number of nitrogens with one attached hydrogen (secondary N) is 1. The van der Waals surface area contributed by atoms with E-state index >= 15 is 0 Å². The minimum Gasteiger partial charge on any atom is -0.378 e. The fourth-order valence-electron chi connectivity index (χ4n) is 3.23. The van der Waals surface area contributed by atoms with Crippen LogP contribution in [0.4, 0.5) is 17.1 Å². The molecule has 1 aliphatic rings. The lowest BCUT2D eigenvalue weighted by atomic mass is 10.2. The van der Waals surface area contributed by atoms with Crippen LogP contribution < -0.4 is 15.1 Å². The van der Waals surface area contributed by atoms with E-state index in [1.54, 1.807) is 0 Å². The molecule has 0 atom stereocenters. The van der Waals surface area contributed by atoms with Crippen LogP contribution in [0.5, 0.6) is 0 Å². The number of nitrogens with zero attached hydrogens (tertiary/aromatic N) is 3. The van der Waals surface area contributed by atoms with Gasteiger partial charge in [0.25, 0.3) is 0 Å². The first kappa shape index (κ1) is 19.5. The summed E-state index contributed by atoms with van der Waals surface area (Å²) in [5.74, 6) is 0.0601. The molecule has 144 valence electrons. The quantitative estimate of drug-likeness (QED) is 0.823. The van der Waals surface area contributed by atoms with E-state index in [1.807, 2.05) is 61.5 Å². The van der Waals surface area contributed by atoms with Crippen LogP contribution in [-0.4, -0.2) is 57.6 Å². The average Bonchev–Trinajstić information content (AvgIpc) is 2.67. The minimum atomic E-state index is 0.0601. The predicted octanol–water partition coefficient (Wildman–Crippen LogP) is 3.56. The smallest absolute Gasteiger partial charge is 0.225 e. The lowest BCUT2D eigenvalue weighted by Gasteiger charge is -2.36. The molecule has 27 heavy (non-hydrogen) atoms. The van der Waals surface area contributed by atoms with Crippen molar-refractivity contribution in [2.24, 2.45) is 0 Å². The van der Waals surface area contributed by atoms with Crippen molar-refractivity contribution in [1.29, 1.82) is 0 Å². The van der Waals surface area contributed by atoms with Crippen molar-refractivity contribution in [2.75, 3.05) is 61.9 Å². The van der Waals surface area contributed by atoms with Gasteiger partial charge >= 0.3 is 0 Å². The molecule has 1 aliphatic heterocycles. The molecule has 0 saturated carbocycles. The molecular formula is C21H27ClN4O. The van der Waals surface area contributed by atoms with Crippen molar-refractivity contribution in [1.82, 2.24) is 4.90 Å². The van der Waals surface area contributed by atoms with Gasteiger partial charge in [-0.25, -0.2) is 0 Å². The lowest BCUT2D eigenvalue weighted by molar-refractivity contribution is -0.116. The van der Waals surface area contributed by atoms with E-state index in [4.69, 9.17) is 11.6 Å². The van der Waals surface area contributed by atoms with Crippen LogP contribution in [-0.2, 0) is 4.79 Å². The molecule has 3 rings (SSSR count). The fraction of sp³-hybridized carbons (Fsp3) is 0.381. The molecule has 1 saturated heterocycles. The highest BCUT2D eigenvalue weighted by atomic mass is 35.5. The van der Waals surface area contributed by atoms with Crippen molar-refractivity contribution >= 4 is 34.6 Å². The summed E-state index contributed by atoms with van der Waals surface area (Å²) >= 11 is 6.08. The van der Waals surface area contributed by atoms with E-state index in [0.717, 1.165) is 49.1 Å². The van der Waals surface area contributed by atoms with Gasteiger partial charge in [-0.2, -0.15) is 0 Å². The van der Waals surface area contributed by atoms with Crippen LogP contribution in [0.2, 0.25) is 5.02 Å². The number of piperazine rings is 1. The van der Waals surface area contributed by atoms with Gasteiger partial charge in [0.1, 0.15) is 0 Å². The number of carbonyl (C=O) groups is 1. The third kappa shape index (κ3) is 5.62.